The number of amides is 1. The predicted octanol–water partition coefficient (Wildman–Crippen LogP) is 3.78. The van der Waals surface area contributed by atoms with Gasteiger partial charge in [0.05, 0.1) is 24.6 Å². The zero-order chi connectivity index (χ0) is 24.1. The summed E-state index contributed by atoms with van der Waals surface area (Å²) in [5, 5.41) is 11.4. The molecule has 1 amide bonds. The number of fused-ring (bicyclic) bond motifs is 1. The molecular formula is C24H20N2O7S. The van der Waals surface area contributed by atoms with E-state index in [9.17, 15) is 19.5 Å². The average molecular weight is 480 g/mol. The van der Waals surface area contributed by atoms with Gasteiger partial charge < -0.3 is 19.0 Å². The number of benzene rings is 1. The van der Waals surface area contributed by atoms with Gasteiger partial charge in [-0.1, -0.05) is 11.3 Å². The molecule has 0 spiro atoms. The van der Waals surface area contributed by atoms with E-state index in [1.165, 1.54) is 13.4 Å². The minimum Gasteiger partial charge on any atom is -0.507 e. The number of thiazole rings is 1. The van der Waals surface area contributed by atoms with Gasteiger partial charge in [0.2, 0.25) is 0 Å². The summed E-state index contributed by atoms with van der Waals surface area (Å²) < 4.78 is 16.0. The van der Waals surface area contributed by atoms with Crippen LogP contribution < -0.4 is 9.64 Å². The first-order valence-electron chi connectivity index (χ1n) is 10.5. The lowest BCUT2D eigenvalue weighted by atomic mass is 9.97. The number of carbonyl (C=O) groups is 3. The lowest BCUT2D eigenvalue weighted by Crippen LogP contribution is -2.29. The van der Waals surface area contributed by atoms with E-state index in [1.807, 2.05) is 6.92 Å². The van der Waals surface area contributed by atoms with E-state index in [2.05, 4.69) is 4.98 Å². The van der Waals surface area contributed by atoms with E-state index >= 15 is 0 Å². The SMILES string of the molecule is COC(=O)c1sc(N2C(=O)C(=O)/C(=C(/O)c3ccc4c(c3)CC(C)O4)C2c2ccco2)nc1C. The molecule has 2 aliphatic heterocycles. The highest BCUT2D eigenvalue weighted by molar-refractivity contribution is 7.17. The van der Waals surface area contributed by atoms with Gasteiger partial charge in [0.1, 0.15) is 34.3 Å². The van der Waals surface area contributed by atoms with Crippen molar-refractivity contribution in [2.75, 3.05) is 12.0 Å². The van der Waals surface area contributed by atoms with Crippen molar-refractivity contribution in [1.82, 2.24) is 4.98 Å². The number of Topliss-reactive ketones (excluding diaryl/α,β-unsaturated/α-hetero) is 1. The molecule has 2 atom stereocenters. The van der Waals surface area contributed by atoms with Crippen LogP contribution in [0.4, 0.5) is 5.13 Å². The van der Waals surface area contributed by atoms with Crippen LogP contribution >= 0.6 is 11.3 Å². The van der Waals surface area contributed by atoms with Crippen molar-refractivity contribution in [2.24, 2.45) is 0 Å². The number of hydrogen-bond acceptors (Lipinski definition) is 9. The number of carbonyl (C=O) groups excluding carboxylic acids is 3. The average Bonchev–Trinajstić information content (AvgIpc) is 3.59. The second kappa shape index (κ2) is 8.14. The Kier molecular flexibility index (Phi) is 5.24. The van der Waals surface area contributed by atoms with Crippen molar-refractivity contribution in [3.63, 3.8) is 0 Å². The molecule has 2 aromatic heterocycles. The van der Waals surface area contributed by atoms with Crippen molar-refractivity contribution in [2.45, 2.75) is 32.4 Å². The molecule has 4 heterocycles. The summed E-state index contributed by atoms with van der Waals surface area (Å²) >= 11 is 0.927. The molecule has 34 heavy (non-hydrogen) atoms. The minimum atomic E-state index is -1.06. The van der Waals surface area contributed by atoms with Crippen LogP contribution in [0.3, 0.4) is 0 Å². The third-order valence-electron chi connectivity index (χ3n) is 5.79. The van der Waals surface area contributed by atoms with Gasteiger partial charge in [-0.3, -0.25) is 14.5 Å². The molecule has 1 fully saturated rings. The van der Waals surface area contributed by atoms with E-state index in [0.717, 1.165) is 27.5 Å². The van der Waals surface area contributed by atoms with Gasteiger partial charge in [-0.05, 0) is 49.7 Å². The molecule has 1 aromatic carbocycles. The van der Waals surface area contributed by atoms with Crippen molar-refractivity contribution in [3.05, 3.63) is 69.6 Å². The number of aliphatic hydroxyl groups is 1. The Morgan fingerprint density at radius 3 is 2.79 bits per heavy atom. The number of aryl methyl sites for hydroxylation is 1. The summed E-state index contributed by atoms with van der Waals surface area (Å²) in [6.07, 6.45) is 2.09. The second-order valence-electron chi connectivity index (χ2n) is 8.04. The highest BCUT2D eigenvalue weighted by Crippen LogP contribution is 2.44. The van der Waals surface area contributed by atoms with Crippen LogP contribution in [-0.2, 0) is 20.7 Å². The number of ether oxygens (including phenoxy) is 2. The van der Waals surface area contributed by atoms with Gasteiger partial charge in [-0.25, -0.2) is 9.78 Å². The summed E-state index contributed by atoms with van der Waals surface area (Å²) in [6, 6.07) is 7.30. The third kappa shape index (κ3) is 3.38. The maximum atomic E-state index is 13.2. The van der Waals surface area contributed by atoms with E-state index in [-0.39, 0.29) is 33.2 Å². The molecule has 0 aliphatic carbocycles. The fourth-order valence-corrected chi connectivity index (χ4v) is 5.25. The number of aromatic nitrogens is 1. The number of anilines is 1. The largest absolute Gasteiger partial charge is 0.507 e. The molecule has 3 aromatic rings. The van der Waals surface area contributed by atoms with Crippen LogP contribution in [0.2, 0.25) is 0 Å². The van der Waals surface area contributed by atoms with Crippen molar-refractivity contribution >= 4 is 39.9 Å². The molecule has 10 heteroatoms. The quantitative estimate of drug-likeness (QED) is 0.259. The molecule has 2 unspecified atom stereocenters. The van der Waals surface area contributed by atoms with E-state index in [4.69, 9.17) is 13.9 Å². The van der Waals surface area contributed by atoms with Crippen LogP contribution in [0.25, 0.3) is 5.76 Å². The highest BCUT2D eigenvalue weighted by Gasteiger charge is 2.49. The van der Waals surface area contributed by atoms with Crippen LogP contribution in [-0.4, -0.2) is 41.0 Å². The number of rotatable bonds is 4. The lowest BCUT2D eigenvalue weighted by Gasteiger charge is -2.20. The normalized spacial score (nSPS) is 21.0. The molecule has 2 aliphatic rings. The van der Waals surface area contributed by atoms with Gasteiger partial charge in [0.15, 0.2) is 5.13 Å². The number of esters is 1. The second-order valence-corrected chi connectivity index (χ2v) is 9.02. The monoisotopic (exact) mass is 480 g/mol. The number of furan rings is 1. The maximum absolute atomic E-state index is 13.2. The smallest absolute Gasteiger partial charge is 0.350 e. The Labute approximate surface area is 198 Å². The summed E-state index contributed by atoms with van der Waals surface area (Å²) in [5.41, 5.74) is 1.52. The highest BCUT2D eigenvalue weighted by atomic mass is 32.1. The van der Waals surface area contributed by atoms with Crippen molar-refractivity contribution < 1.29 is 33.4 Å². The molecule has 9 nitrogen and oxygen atoms in total. The standard InChI is InChI=1S/C24H20N2O7S/c1-11-9-14-10-13(6-7-15(14)33-11)19(27)17-18(16-5-4-8-32-16)26(22(29)20(17)28)24-25-12(2)21(34-24)23(30)31-3/h4-8,10-11,18,27H,9H2,1-3H3/b19-17+. The summed E-state index contributed by atoms with van der Waals surface area (Å²) in [6.45, 7) is 3.55. The van der Waals surface area contributed by atoms with Gasteiger partial charge in [-0.2, -0.15) is 0 Å². The number of nitrogens with zero attached hydrogens (tertiary/aromatic N) is 2. The summed E-state index contributed by atoms with van der Waals surface area (Å²) in [4.78, 5) is 44.1. The topological polar surface area (TPSA) is 119 Å². The molecule has 1 saturated heterocycles. The zero-order valence-electron chi connectivity index (χ0n) is 18.5. The Morgan fingerprint density at radius 1 is 1.29 bits per heavy atom. The van der Waals surface area contributed by atoms with Crippen molar-refractivity contribution in [1.29, 1.82) is 0 Å². The third-order valence-corrected chi connectivity index (χ3v) is 6.93. The minimum absolute atomic E-state index is 0.0123. The fraction of sp³-hybridized carbons (Fsp3) is 0.250. The van der Waals surface area contributed by atoms with Crippen LogP contribution in [0.5, 0.6) is 5.75 Å². The van der Waals surface area contributed by atoms with Crippen LogP contribution in [0.15, 0.2) is 46.6 Å². The molecule has 174 valence electrons. The number of hydrogen-bond donors (Lipinski definition) is 1. The van der Waals surface area contributed by atoms with Gasteiger partial charge >= 0.3 is 11.9 Å². The summed E-state index contributed by atoms with van der Waals surface area (Å²) in [7, 11) is 1.25. The molecular weight excluding hydrogens is 460 g/mol. The van der Waals surface area contributed by atoms with Gasteiger partial charge in [-0.15, -0.1) is 0 Å². The Balaban J connectivity index is 1.65. The first-order valence-corrected chi connectivity index (χ1v) is 11.3. The van der Waals surface area contributed by atoms with Gasteiger partial charge in [0, 0.05) is 12.0 Å². The van der Waals surface area contributed by atoms with E-state index in [1.54, 1.807) is 37.3 Å². The first-order chi connectivity index (χ1) is 16.3. The van der Waals surface area contributed by atoms with Gasteiger partial charge in [0.25, 0.3) is 5.78 Å². The summed E-state index contributed by atoms with van der Waals surface area (Å²) in [5.74, 6) is -1.69. The Hall–Kier alpha value is -3.92. The maximum Gasteiger partial charge on any atom is 0.350 e. The number of aliphatic hydroxyl groups excluding tert-OH is 1. The number of ketones is 1. The van der Waals surface area contributed by atoms with Crippen LogP contribution in [0.1, 0.15) is 45.2 Å². The Bertz CT molecular complexity index is 1360. The predicted molar refractivity (Wildman–Crippen MR) is 122 cm³/mol. The molecule has 5 rings (SSSR count). The Morgan fingerprint density at radius 2 is 2.09 bits per heavy atom. The molecule has 1 N–H and O–H groups in total. The lowest BCUT2D eigenvalue weighted by molar-refractivity contribution is -0.132. The zero-order valence-corrected chi connectivity index (χ0v) is 19.3. The molecule has 0 saturated carbocycles. The fourth-order valence-electron chi connectivity index (χ4n) is 4.24. The van der Waals surface area contributed by atoms with E-state index < -0.39 is 23.7 Å². The van der Waals surface area contributed by atoms with E-state index in [0.29, 0.717) is 17.7 Å². The first kappa shape index (κ1) is 21.9. The number of methoxy groups -OCH3 is 1. The molecule has 0 bridgehead atoms. The molecule has 0 radical (unpaired) electrons. The van der Waals surface area contributed by atoms with Crippen molar-refractivity contribution in [3.8, 4) is 5.75 Å². The van der Waals surface area contributed by atoms with Crippen LogP contribution in [0, 0.1) is 6.92 Å².